The molecule has 2 rings (SSSR count). The number of nitrogens with zero attached hydrogens (tertiary/aromatic N) is 1. The number of carbonyl (C=O) groups is 1. The van der Waals surface area contributed by atoms with E-state index in [1.54, 1.807) is 48.2 Å². The molecular formula is C19H22ClFN2O3S2. The van der Waals surface area contributed by atoms with Gasteiger partial charge in [-0.3, -0.25) is 9.10 Å². The monoisotopic (exact) mass is 444 g/mol. The molecule has 0 fully saturated rings. The molecule has 0 aromatic heterocycles. The van der Waals surface area contributed by atoms with E-state index in [0.717, 1.165) is 34.1 Å². The zero-order valence-corrected chi connectivity index (χ0v) is 17.8. The summed E-state index contributed by atoms with van der Waals surface area (Å²) in [5.74, 6) is 0.971. The van der Waals surface area contributed by atoms with Gasteiger partial charge in [0, 0.05) is 17.3 Å². The van der Waals surface area contributed by atoms with Gasteiger partial charge in [-0.05, 0) is 54.1 Å². The quantitative estimate of drug-likeness (QED) is 0.567. The molecule has 1 amide bonds. The van der Waals surface area contributed by atoms with Crippen molar-refractivity contribution in [3.05, 3.63) is 64.9 Å². The molecule has 0 aliphatic carbocycles. The van der Waals surface area contributed by atoms with Crippen LogP contribution in [-0.4, -0.2) is 39.4 Å². The Bertz CT molecular complexity index is 875. The second kappa shape index (κ2) is 10.7. The van der Waals surface area contributed by atoms with Crippen molar-refractivity contribution >= 4 is 45.0 Å². The molecule has 1 N–H and O–H groups in total. The number of amides is 1. The third kappa shape index (κ3) is 7.69. The second-order valence-corrected chi connectivity index (χ2v) is 9.58. The molecule has 0 heterocycles. The zero-order valence-electron chi connectivity index (χ0n) is 15.4. The third-order valence-corrected chi connectivity index (χ3v) is 6.28. The van der Waals surface area contributed by atoms with Crippen LogP contribution in [0, 0.1) is 5.82 Å². The van der Waals surface area contributed by atoms with E-state index in [0.29, 0.717) is 17.3 Å². The summed E-state index contributed by atoms with van der Waals surface area (Å²) < 4.78 is 37.9. The lowest BCUT2D eigenvalue weighted by atomic mass is 10.2. The topological polar surface area (TPSA) is 66.5 Å². The molecule has 0 unspecified atom stereocenters. The predicted octanol–water partition coefficient (Wildman–Crippen LogP) is 3.68. The molecule has 152 valence electrons. The zero-order chi connectivity index (χ0) is 20.6. The van der Waals surface area contributed by atoms with E-state index in [1.165, 1.54) is 12.1 Å². The van der Waals surface area contributed by atoms with Gasteiger partial charge < -0.3 is 5.32 Å². The van der Waals surface area contributed by atoms with E-state index >= 15 is 0 Å². The summed E-state index contributed by atoms with van der Waals surface area (Å²) in [5.41, 5.74) is 1.43. The number of sulfonamides is 1. The predicted molar refractivity (Wildman–Crippen MR) is 114 cm³/mol. The van der Waals surface area contributed by atoms with Crippen molar-refractivity contribution in [2.24, 2.45) is 0 Å². The molecule has 0 spiro atoms. The first-order valence-corrected chi connectivity index (χ1v) is 12.0. The summed E-state index contributed by atoms with van der Waals surface area (Å²) in [6, 6.07) is 12.6. The molecule has 2 aromatic carbocycles. The van der Waals surface area contributed by atoms with Gasteiger partial charge in [0.05, 0.1) is 11.9 Å². The van der Waals surface area contributed by atoms with Gasteiger partial charge in [0.25, 0.3) is 0 Å². The van der Waals surface area contributed by atoms with Crippen LogP contribution in [0.5, 0.6) is 0 Å². The van der Waals surface area contributed by atoms with Crippen LogP contribution in [0.15, 0.2) is 48.5 Å². The van der Waals surface area contributed by atoms with E-state index in [4.69, 9.17) is 11.6 Å². The number of nitrogens with one attached hydrogen (secondary N) is 1. The number of rotatable bonds is 10. The normalized spacial score (nSPS) is 11.2. The Kier molecular flexibility index (Phi) is 8.59. The molecule has 28 heavy (non-hydrogen) atoms. The molecule has 0 aliphatic heterocycles. The summed E-state index contributed by atoms with van der Waals surface area (Å²) >= 11 is 7.51. The largest absolute Gasteiger partial charge is 0.354 e. The van der Waals surface area contributed by atoms with Crippen molar-refractivity contribution in [3.8, 4) is 0 Å². The van der Waals surface area contributed by atoms with Crippen LogP contribution in [0.2, 0.25) is 5.02 Å². The lowest BCUT2D eigenvalue weighted by Gasteiger charge is -2.21. The number of anilines is 1. The van der Waals surface area contributed by atoms with Crippen LogP contribution in [0.4, 0.5) is 10.1 Å². The van der Waals surface area contributed by atoms with Gasteiger partial charge in [-0.15, -0.1) is 0 Å². The summed E-state index contributed by atoms with van der Waals surface area (Å²) in [6.45, 7) is 0.163. The first-order valence-electron chi connectivity index (χ1n) is 8.58. The SMILES string of the molecule is CS(=O)(=O)N(CC(=O)NCCCSCc1ccc(F)cc1)c1ccc(Cl)cc1. The van der Waals surface area contributed by atoms with Gasteiger partial charge in [0.15, 0.2) is 0 Å². The Labute approximate surface area is 174 Å². The highest BCUT2D eigenvalue weighted by Gasteiger charge is 2.20. The standard InChI is InChI=1S/C19H22ClFN2O3S2/c1-28(25,26)23(18-9-5-16(20)6-10-18)13-19(24)22-11-2-12-27-14-15-3-7-17(21)8-4-15/h3-10H,2,11-14H2,1H3,(H,22,24). The summed E-state index contributed by atoms with van der Waals surface area (Å²) in [5, 5.41) is 3.22. The number of carbonyl (C=O) groups excluding carboxylic acids is 1. The molecule has 0 saturated carbocycles. The van der Waals surface area contributed by atoms with Crippen molar-refractivity contribution in [2.45, 2.75) is 12.2 Å². The maximum absolute atomic E-state index is 12.8. The average molecular weight is 445 g/mol. The van der Waals surface area contributed by atoms with E-state index in [2.05, 4.69) is 5.32 Å². The second-order valence-electron chi connectivity index (χ2n) is 6.13. The smallest absolute Gasteiger partial charge is 0.240 e. The van der Waals surface area contributed by atoms with Crippen LogP contribution in [0.25, 0.3) is 0 Å². The Morgan fingerprint density at radius 2 is 1.79 bits per heavy atom. The van der Waals surface area contributed by atoms with E-state index < -0.39 is 10.0 Å². The minimum Gasteiger partial charge on any atom is -0.354 e. The fraction of sp³-hybridized carbons (Fsp3) is 0.316. The fourth-order valence-electron chi connectivity index (χ4n) is 2.37. The molecular weight excluding hydrogens is 423 g/mol. The molecule has 0 bridgehead atoms. The minimum absolute atomic E-state index is 0.252. The molecule has 0 radical (unpaired) electrons. The Morgan fingerprint density at radius 1 is 1.14 bits per heavy atom. The van der Waals surface area contributed by atoms with Gasteiger partial charge in [0.2, 0.25) is 15.9 Å². The fourth-order valence-corrected chi connectivity index (χ4v) is 4.27. The van der Waals surface area contributed by atoms with Crippen molar-refractivity contribution in [1.82, 2.24) is 5.32 Å². The Balaban J connectivity index is 1.74. The highest BCUT2D eigenvalue weighted by atomic mass is 35.5. The first-order chi connectivity index (χ1) is 13.3. The van der Waals surface area contributed by atoms with Crippen LogP contribution < -0.4 is 9.62 Å². The van der Waals surface area contributed by atoms with Crippen molar-refractivity contribution in [3.63, 3.8) is 0 Å². The summed E-state index contributed by atoms with van der Waals surface area (Å²) in [7, 11) is -3.60. The van der Waals surface area contributed by atoms with Gasteiger partial charge in [-0.1, -0.05) is 23.7 Å². The summed E-state index contributed by atoms with van der Waals surface area (Å²) in [6.07, 6.45) is 1.80. The molecule has 5 nitrogen and oxygen atoms in total. The highest BCUT2D eigenvalue weighted by Crippen LogP contribution is 2.20. The average Bonchev–Trinajstić information content (AvgIpc) is 2.64. The van der Waals surface area contributed by atoms with Gasteiger partial charge in [-0.2, -0.15) is 11.8 Å². The van der Waals surface area contributed by atoms with Crippen molar-refractivity contribution in [2.75, 3.05) is 29.4 Å². The lowest BCUT2D eigenvalue weighted by Crippen LogP contribution is -2.40. The number of hydrogen-bond donors (Lipinski definition) is 1. The number of benzene rings is 2. The molecule has 0 saturated heterocycles. The number of halogens is 2. The van der Waals surface area contributed by atoms with Crippen LogP contribution in [-0.2, 0) is 20.6 Å². The Hall–Kier alpha value is -1.77. The number of thioether (sulfide) groups is 1. The highest BCUT2D eigenvalue weighted by molar-refractivity contribution is 7.98. The van der Waals surface area contributed by atoms with Gasteiger partial charge in [-0.25, -0.2) is 12.8 Å². The van der Waals surface area contributed by atoms with Gasteiger partial charge in [0.1, 0.15) is 12.4 Å². The maximum Gasteiger partial charge on any atom is 0.240 e. The lowest BCUT2D eigenvalue weighted by molar-refractivity contribution is -0.119. The molecule has 0 atom stereocenters. The first kappa shape index (κ1) is 22.5. The molecule has 2 aromatic rings. The number of hydrogen-bond acceptors (Lipinski definition) is 4. The Morgan fingerprint density at radius 3 is 2.39 bits per heavy atom. The minimum atomic E-state index is -3.60. The third-order valence-electron chi connectivity index (χ3n) is 3.77. The molecule has 0 aliphatic rings. The van der Waals surface area contributed by atoms with Crippen molar-refractivity contribution < 1.29 is 17.6 Å². The van der Waals surface area contributed by atoms with E-state index in [1.807, 2.05) is 0 Å². The van der Waals surface area contributed by atoms with E-state index in [-0.39, 0.29) is 18.3 Å². The summed E-state index contributed by atoms with van der Waals surface area (Å²) in [4.78, 5) is 12.1. The van der Waals surface area contributed by atoms with Crippen LogP contribution in [0.1, 0.15) is 12.0 Å². The van der Waals surface area contributed by atoms with Crippen molar-refractivity contribution in [1.29, 1.82) is 0 Å². The van der Waals surface area contributed by atoms with E-state index in [9.17, 15) is 17.6 Å². The van der Waals surface area contributed by atoms with Crippen LogP contribution >= 0.6 is 23.4 Å². The van der Waals surface area contributed by atoms with Gasteiger partial charge >= 0.3 is 0 Å². The maximum atomic E-state index is 12.8. The molecule has 9 heteroatoms. The van der Waals surface area contributed by atoms with Crippen LogP contribution in [0.3, 0.4) is 0 Å².